The fourth-order valence-electron chi connectivity index (χ4n) is 1.40. The van der Waals surface area contributed by atoms with Crippen molar-refractivity contribution in [3.05, 3.63) is 17.5 Å². The van der Waals surface area contributed by atoms with E-state index in [0.717, 1.165) is 19.6 Å². The molecule has 0 aromatic carbocycles. The number of esters is 1. The van der Waals surface area contributed by atoms with Crippen LogP contribution < -0.4 is 10.6 Å². The van der Waals surface area contributed by atoms with Gasteiger partial charge in [0.15, 0.2) is 0 Å². The number of likely N-dealkylation sites (N-methyl/N-ethyl adjacent to an activating group) is 1. The first kappa shape index (κ1) is 14.4. The maximum atomic E-state index is 11.5. The smallest absolute Gasteiger partial charge is 0.341 e. The van der Waals surface area contributed by atoms with Crippen molar-refractivity contribution in [1.82, 2.24) is 15.3 Å². The number of carbonyl (C=O) groups is 1. The van der Waals surface area contributed by atoms with E-state index in [9.17, 15) is 4.79 Å². The lowest BCUT2D eigenvalue weighted by Crippen LogP contribution is -2.22. The Kier molecular flexibility index (Phi) is 6.07. The Hall–Kier alpha value is -1.69. The molecule has 0 saturated carbocycles. The van der Waals surface area contributed by atoms with Crippen LogP contribution >= 0.6 is 0 Å². The number of rotatable bonds is 7. The van der Waals surface area contributed by atoms with Crippen LogP contribution in [-0.2, 0) is 4.74 Å². The third-order valence-electron chi connectivity index (χ3n) is 2.31. The van der Waals surface area contributed by atoms with E-state index in [4.69, 9.17) is 4.74 Å². The van der Waals surface area contributed by atoms with Gasteiger partial charge in [0, 0.05) is 19.3 Å². The summed E-state index contributed by atoms with van der Waals surface area (Å²) in [5.41, 5.74) is 1.03. The molecule has 18 heavy (non-hydrogen) atoms. The van der Waals surface area contributed by atoms with Crippen LogP contribution in [0.5, 0.6) is 0 Å². The molecule has 1 aromatic heterocycles. The van der Waals surface area contributed by atoms with E-state index in [0.29, 0.717) is 23.8 Å². The van der Waals surface area contributed by atoms with Gasteiger partial charge < -0.3 is 15.4 Å². The molecule has 0 saturated heterocycles. The SMILES string of the molecule is CCNCCNc1ncc(C(=O)OCC)c(C)n1. The Morgan fingerprint density at radius 3 is 2.78 bits per heavy atom. The van der Waals surface area contributed by atoms with Crippen LogP contribution in [0.4, 0.5) is 5.95 Å². The van der Waals surface area contributed by atoms with Crippen molar-refractivity contribution in [3.8, 4) is 0 Å². The minimum Gasteiger partial charge on any atom is -0.462 e. The number of hydrogen-bond donors (Lipinski definition) is 2. The maximum absolute atomic E-state index is 11.5. The molecule has 0 bridgehead atoms. The highest BCUT2D eigenvalue weighted by Crippen LogP contribution is 2.08. The first-order valence-electron chi connectivity index (χ1n) is 6.14. The van der Waals surface area contributed by atoms with Crippen LogP contribution in [0.2, 0.25) is 0 Å². The van der Waals surface area contributed by atoms with Gasteiger partial charge in [0.2, 0.25) is 5.95 Å². The van der Waals surface area contributed by atoms with Crippen molar-refractivity contribution < 1.29 is 9.53 Å². The minimum atomic E-state index is -0.380. The van der Waals surface area contributed by atoms with Crippen LogP contribution in [0.15, 0.2) is 6.20 Å². The lowest BCUT2D eigenvalue weighted by molar-refractivity contribution is 0.0524. The molecule has 0 unspecified atom stereocenters. The first-order valence-corrected chi connectivity index (χ1v) is 6.14. The molecule has 100 valence electrons. The Morgan fingerprint density at radius 2 is 2.17 bits per heavy atom. The summed E-state index contributed by atoms with van der Waals surface area (Å²) < 4.78 is 4.91. The highest BCUT2D eigenvalue weighted by molar-refractivity contribution is 5.90. The summed E-state index contributed by atoms with van der Waals surface area (Å²) in [5.74, 6) is 0.146. The second kappa shape index (κ2) is 7.60. The Labute approximate surface area is 107 Å². The number of ether oxygens (including phenoxy) is 1. The standard InChI is InChI=1S/C12H20N4O2/c1-4-13-6-7-14-12-15-8-10(9(3)16-12)11(17)18-5-2/h8,13H,4-7H2,1-3H3,(H,14,15,16). The zero-order valence-corrected chi connectivity index (χ0v) is 11.1. The van der Waals surface area contributed by atoms with Gasteiger partial charge in [-0.15, -0.1) is 0 Å². The summed E-state index contributed by atoms with van der Waals surface area (Å²) in [6.07, 6.45) is 1.50. The average molecular weight is 252 g/mol. The maximum Gasteiger partial charge on any atom is 0.341 e. The molecular weight excluding hydrogens is 232 g/mol. The largest absolute Gasteiger partial charge is 0.462 e. The Bertz CT molecular complexity index is 396. The van der Waals surface area contributed by atoms with E-state index >= 15 is 0 Å². The van der Waals surface area contributed by atoms with Crippen molar-refractivity contribution in [2.45, 2.75) is 20.8 Å². The normalized spacial score (nSPS) is 10.2. The van der Waals surface area contributed by atoms with Gasteiger partial charge in [-0.25, -0.2) is 14.8 Å². The minimum absolute atomic E-state index is 0.348. The number of carbonyl (C=O) groups excluding carboxylic acids is 1. The Balaban J connectivity index is 2.59. The number of nitrogens with one attached hydrogen (secondary N) is 2. The molecule has 6 nitrogen and oxygen atoms in total. The van der Waals surface area contributed by atoms with Gasteiger partial charge in [-0.2, -0.15) is 0 Å². The van der Waals surface area contributed by atoms with Crippen LogP contribution in [0.1, 0.15) is 29.9 Å². The number of anilines is 1. The molecule has 0 amide bonds. The summed E-state index contributed by atoms with van der Waals surface area (Å²) >= 11 is 0. The van der Waals surface area contributed by atoms with Crippen molar-refractivity contribution in [1.29, 1.82) is 0 Å². The molecule has 0 aliphatic heterocycles. The molecule has 0 fully saturated rings. The van der Waals surface area contributed by atoms with E-state index in [-0.39, 0.29) is 5.97 Å². The molecule has 0 aliphatic rings. The highest BCUT2D eigenvalue weighted by atomic mass is 16.5. The van der Waals surface area contributed by atoms with Gasteiger partial charge >= 0.3 is 5.97 Å². The quantitative estimate of drug-likeness (QED) is 0.556. The summed E-state index contributed by atoms with van der Waals surface area (Å²) in [6, 6.07) is 0. The van der Waals surface area contributed by atoms with Crippen LogP contribution in [-0.4, -0.2) is 42.2 Å². The second-order valence-corrected chi connectivity index (χ2v) is 3.69. The molecule has 0 radical (unpaired) electrons. The second-order valence-electron chi connectivity index (χ2n) is 3.69. The molecule has 1 aromatic rings. The van der Waals surface area contributed by atoms with Gasteiger partial charge in [-0.05, 0) is 20.4 Å². The zero-order chi connectivity index (χ0) is 13.4. The van der Waals surface area contributed by atoms with E-state index < -0.39 is 0 Å². The van der Waals surface area contributed by atoms with Crippen molar-refractivity contribution in [2.75, 3.05) is 31.6 Å². The highest BCUT2D eigenvalue weighted by Gasteiger charge is 2.12. The van der Waals surface area contributed by atoms with E-state index in [1.807, 2.05) is 0 Å². The molecule has 6 heteroatoms. The third kappa shape index (κ3) is 4.29. The van der Waals surface area contributed by atoms with Gasteiger partial charge in [0.1, 0.15) is 0 Å². The fourth-order valence-corrected chi connectivity index (χ4v) is 1.40. The number of nitrogens with zero attached hydrogens (tertiary/aromatic N) is 2. The molecule has 1 heterocycles. The van der Waals surface area contributed by atoms with Gasteiger partial charge in [0.05, 0.1) is 17.9 Å². The number of hydrogen-bond acceptors (Lipinski definition) is 6. The zero-order valence-electron chi connectivity index (χ0n) is 11.1. The lowest BCUT2D eigenvalue weighted by Gasteiger charge is -2.08. The summed E-state index contributed by atoms with van der Waals surface area (Å²) in [6.45, 7) is 8.46. The van der Waals surface area contributed by atoms with Gasteiger partial charge in [0.25, 0.3) is 0 Å². The topological polar surface area (TPSA) is 76.1 Å². The number of aryl methyl sites for hydroxylation is 1. The summed E-state index contributed by atoms with van der Waals surface area (Å²) in [5, 5.41) is 6.27. The Morgan fingerprint density at radius 1 is 1.39 bits per heavy atom. The predicted octanol–water partition coefficient (Wildman–Crippen LogP) is 0.983. The molecule has 0 aliphatic carbocycles. The van der Waals surface area contributed by atoms with E-state index in [1.54, 1.807) is 13.8 Å². The predicted molar refractivity (Wildman–Crippen MR) is 69.8 cm³/mol. The van der Waals surface area contributed by atoms with Crippen LogP contribution in [0.3, 0.4) is 0 Å². The van der Waals surface area contributed by atoms with Crippen molar-refractivity contribution in [3.63, 3.8) is 0 Å². The molecule has 2 N–H and O–H groups in total. The van der Waals surface area contributed by atoms with Gasteiger partial charge in [-0.3, -0.25) is 0 Å². The van der Waals surface area contributed by atoms with Crippen molar-refractivity contribution >= 4 is 11.9 Å². The third-order valence-corrected chi connectivity index (χ3v) is 2.31. The molecular formula is C12H20N4O2. The molecule has 0 atom stereocenters. The lowest BCUT2D eigenvalue weighted by atomic mass is 10.2. The van der Waals surface area contributed by atoms with Gasteiger partial charge in [-0.1, -0.05) is 6.92 Å². The van der Waals surface area contributed by atoms with Crippen LogP contribution in [0.25, 0.3) is 0 Å². The van der Waals surface area contributed by atoms with Crippen molar-refractivity contribution in [2.24, 2.45) is 0 Å². The average Bonchev–Trinajstić information content (AvgIpc) is 2.35. The molecule has 0 spiro atoms. The summed E-state index contributed by atoms with van der Waals surface area (Å²) in [4.78, 5) is 19.9. The van der Waals surface area contributed by atoms with Crippen LogP contribution in [0, 0.1) is 6.92 Å². The first-order chi connectivity index (χ1) is 8.69. The van der Waals surface area contributed by atoms with E-state index in [1.165, 1.54) is 6.20 Å². The number of aromatic nitrogens is 2. The van der Waals surface area contributed by atoms with E-state index in [2.05, 4.69) is 27.5 Å². The summed E-state index contributed by atoms with van der Waals surface area (Å²) in [7, 11) is 0. The monoisotopic (exact) mass is 252 g/mol. The fraction of sp³-hybridized carbons (Fsp3) is 0.583. The molecule has 1 rings (SSSR count).